The van der Waals surface area contributed by atoms with Crippen molar-refractivity contribution in [2.45, 2.75) is 12.0 Å². The summed E-state index contributed by atoms with van der Waals surface area (Å²) in [6, 6.07) is 16.1. The maximum absolute atomic E-state index is 12.0. The number of carbonyl (C=O) groups is 1. The molecule has 0 saturated carbocycles. The van der Waals surface area contributed by atoms with Crippen LogP contribution in [0.5, 0.6) is 0 Å². The number of rotatable bonds is 3. The van der Waals surface area contributed by atoms with Crippen LogP contribution >= 0.6 is 0 Å². The van der Waals surface area contributed by atoms with Gasteiger partial charge in [0.1, 0.15) is 19.3 Å². The summed E-state index contributed by atoms with van der Waals surface area (Å²) in [6.07, 6.45) is -0.544. The molecule has 0 radical (unpaired) electrons. The number of aliphatic hydroxyl groups excluding tert-OH is 1. The molecule has 1 heterocycles. The van der Waals surface area contributed by atoms with Gasteiger partial charge in [0.25, 0.3) is 0 Å². The third kappa shape index (κ3) is 2.29. The molecule has 2 aromatic carbocycles. The molecule has 2 aromatic rings. The Labute approximate surface area is 134 Å². The zero-order chi connectivity index (χ0) is 15.8. The standard InChI is InChI=1S/C18H17NO4/c20-9-12-10-23-19(12)18(21)22-11-17-15-7-3-1-5-13(15)14-6-2-4-8-16(14)17/h1-8,12,17,20H,9-11H2/t12-/m1/s1. The fourth-order valence-corrected chi connectivity index (χ4v) is 3.24. The van der Waals surface area contributed by atoms with Gasteiger partial charge < -0.3 is 9.84 Å². The quantitative estimate of drug-likeness (QED) is 0.946. The molecule has 1 fully saturated rings. The molecule has 1 N–H and O–H groups in total. The van der Waals surface area contributed by atoms with Crippen molar-refractivity contribution in [1.29, 1.82) is 0 Å². The molecular formula is C18H17NO4. The molecule has 1 amide bonds. The van der Waals surface area contributed by atoms with Crippen molar-refractivity contribution in [1.82, 2.24) is 5.06 Å². The number of hydroxylamine groups is 2. The Morgan fingerprint density at radius 2 is 1.74 bits per heavy atom. The van der Waals surface area contributed by atoms with Crippen LogP contribution in [0.15, 0.2) is 48.5 Å². The van der Waals surface area contributed by atoms with Crippen LogP contribution in [0.25, 0.3) is 11.1 Å². The van der Waals surface area contributed by atoms with Gasteiger partial charge in [-0.2, -0.15) is 5.06 Å². The van der Waals surface area contributed by atoms with Crippen molar-refractivity contribution >= 4 is 6.09 Å². The van der Waals surface area contributed by atoms with E-state index in [9.17, 15) is 4.79 Å². The fourth-order valence-electron chi connectivity index (χ4n) is 3.24. The first kappa shape index (κ1) is 14.2. The van der Waals surface area contributed by atoms with Gasteiger partial charge in [-0.25, -0.2) is 4.79 Å². The van der Waals surface area contributed by atoms with E-state index < -0.39 is 6.09 Å². The van der Waals surface area contributed by atoms with Gasteiger partial charge in [-0.1, -0.05) is 48.5 Å². The van der Waals surface area contributed by atoms with Crippen LogP contribution in [0.1, 0.15) is 17.0 Å². The summed E-state index contributed by atoms with van der Waals surface area (Å²) in [6.45, 7) is 0.482. The molecule has 2 aliphatic rings. The topological polar surface area (TPSA) is 59.0 Å². The van der Waals surface area contributed by atoms with Crippen molar-refractivity contribution in [3.63, 3.8) is 0 Å². The smallest absolute Gasteiger partial charge is 0.434 e. The average molecular weight is 311 g/mol. The van der Waals surface area contributed by atoms with Crippen molar-refractivity contribution in [2.24, 2.45) is 0 Å². The number of nitrogens with zero attached hydrogens (tertiary/aromatic N) is 1. The second kappa shape index (κ2) is 5.68. The van der Waals surface area contributed by atoms with Gasteiger partial charge in [0.05, 0.1) is 6.61 Å². The normalized spacial score (nSPS) is 19.0. The summed E-state index contributed by atoms with van der Waals surface area (Å²) in [4.78, 5) is 17.1. The lowest BCUT2D eigenvalue weighted by molar-refractivity contribution is -0.267. The molecule has 5 nitrogen and oxygen atoms in total. The molecule has 1 saturated heterocycles. The minimum Gasteiger partial charge on any atom is -0.447 e. The third-order valence-corrected chi connectivity index (χ3v) is 4.46. The Hall–Kier alpha value is -2.37. The zero-order valence-electron chi connectivity index (χ0n) is 12.5. The number of hydrogen-bond donors (Lipinski definition) is 1. The number of hydrogen-bond acceptors (Lipinski definition) is 4. The Morgan fingerprint density at radius 3 is 2.26 bits per heavy atom. The van der Waals surface area contributed by atoms with Gasteiger partial charge in [-0.05, 0) is 22.3 Å². The Balaban J connectivity index is 1.54. The van der Waals surface area contributed by atoms with E-state index in [1.54, 1.807) is 0 Å². The number of aliphatic hydroxyl groups is 1. The third-order valence-electron chi connectivity index (χ3n) is 4.46. The van der Waals surface area contributed by atoms with Crippen molar-refractivity contribution in [2.75, 3.05) is 19.8 Å². The van der Waals surface area contributed by atoms with Crippen LogP contribution in [0.2, 0.25) is 0 Å². The molecule has 1 aliphatic carbocycles. The van der Waals surface area contributed by atoms with E-state index in [1.807, 2.05) is 24.3 Å². The largest absolute Gasteiger partial charge is 0.447 e. The van der Waals surface area contributed by atoms with Crippen LogP contribution in [-0.4, -0.2) is 42.1 Å². The van der Waals surface area contributed by atoms with E-state index in [4.69, 9.17) is 14.7 Å². The fraction of sp³-hybridized carbons (Fsp3) is 0.278. The monoisotopic (exact) mass is 311 g/mol. The number of amides is 1. The summed E-state index contributed by atoms with van der Waals surface area (Å²) in [7, 11) is 0. The number of fused-ring (bicyclic) bond motifs is 3. The maximum atomic E-state index is 12.0. The Kier molecular flexibility index (Phi) is 3.52. The van der Waals surface area contributed by atoms with Gasteiger partial charge in [0.15, 0.2) is 0 Å². The zero-order valence-corrected chi connectivity index (χ0v) is 12.5. The maximum Gasteiger partial charge on any atom is 0.434 e. The minimum absolute atomic E-state index is 0.0280. The van der Waals surface area contributed by atoms with Crippen molar-refractivity contribution < 1.29 is 19.5 Å². The van der Waals surface area contributed by atoms with Gasteiger partial charge in [0.2, 0.25) is 0 Å². The minimum atomic E-state index is -0.544. The van der Waals surface area contributed by atoms with Crippen molar-refractivity contribution in [3.8, 4) is 11.1 Å². The van der Waals surface area contributed by atoms with Gasteiger partial charge in [-0.3, -0.25) is 4.84 Å². The highest BCUT2D eigenvalue weighted by Gasteiger charge is 2.36. The van der Waals surface area contributed by atoms with Gasteiger partial charge >= 0.3 is 6.09 Å². The number of carbonyl (C=O) groups excluding carboxylic acids is 1. The summed E-state index contributed by atoms with van der Waals surface area (Å²) in [5.74, 6) is 0.0280. The van der Waals surface area contributed by atoms with E-state index in [-0.39, 0.29) is 25.2 Å². The van der Waals surface area contributed by atoms with E-state index in [2.05, 4.69) is 24.3 Å². The highest BCUT2D eigenvalue weighted by Crippen LogP contribution is 2.44. The lowest BCUT2D eigenvalue weighted by atomic mass is 9.98. The van der Waals surface area contributed by atoms with Crippen LogP contribution in [0, 0.1) is 0 Å². The molecule has 0 aromatic heterocycles. The van der Waals surface area contributed by atoms with Gasteiger partial charge in [0, 0.05) is 5.92 Å². The molecule has 4 rings (SSSR count). The summed E-state index contributed by atoms with van der Waals surface area (Å²) in [5, 5.41) is 10.2. The van der Waals surface area contributed by atoms with E-state index >= 15 is 0 Å². The lowest BCUT2D eigenvalue weighted by Crippen LogP contribution is -2.55. The summed E-state index contributed by atoms with van der Waals surface area (Å²) >= 11 is 0. The molecule has 5 heteroatoms. The Bertz CT molecular complexity index is 698. The van der Waals surface area contributed by atoms with Crippen LogP contribution < -0.4 is 0 Å². The highest BCUT2D eigenvalue weighted by molar-refractivity contribution is 5.79. The molecule has 0 spiro atoms. The lowest BCUT2D eigenvalue weighted by Gasteiger charge is -2.37. The van der Waals surface area contributed by atoms with Crippen molar-refractivity contribution in [3.05, 3.63) is 59.7 Å². The molecule has 0 bridgehead atoms. The van der Waals surface area contributed by atoms with E-state index in [0.717, 1.165) is 5.06 Å². The second-order valence-electron chi connectivity index (χ2n) is 5.76. The molecule has 1 aliphatic heterocycles. The Morgan fingerprint density at radius 1 is 1.13 bits per heavy atom. The SMILES string of the molecule is O=C(OCC1c2ccccc2-c2ccccc21)N1OC[C@H]1CO. The first-order chi connectivity index (χ1) is 11.3. The predicted molar refractivity (Wildman–Crippen MR) is 83.7 cm³/mol. The number of benzene rings is 2. The molecule has 0 unspecified atom stereocenters. The summed E-state index contributed by atoms with van der Waals surface area (Å²) in [5.41, 5.74) is 4.73. The second-order valence-corrected chi connectivity index (χ2v) is 5.76. The molecule has 1 atom stereocenters. The average Bonchev–Trinajstić information content (AvgIpc) is 2.86. The van der Waals surface area contributed by atoms with E-state index in [1.165, 1.54) is 22.3 Å². The van der Waals surface area contributed by atoms with Crippen LogP contribution in [0.3, 0.4) is 0 Å². The molecular weight excluding hydrogens is 294 g/mol. The van der Waals surface area contributed by atoms with E-state index in [0.29, 0.717) is 6.61 Å². The first-order valence-electron chi connectivity index (χ1n) is 7.67. The molecule has 23 heavy (non-hydrogen) atoms. The summed E-state index contributed by atoms with van der Waals surface area (Å²) < 4.78 is 5.43. The van der Waals surface area contributed by atoms with Crippen LogP contribution in [-0.2, 0) is 9.57 Å². The molecule has 118 valence electrons. The van der Waals surface area contributed by atoms with Crippen LogP contribution in [0.4, 0.5) is 4.79 Å². The highest BCUT2D eigenvalue weighted by atomic mass is 16.8. The predicted octanol–water partition coefficient (Wildman–Crippen LogP) is 2.54. The van der Waals surface area contributed by atoms with Gasteiger partial charge in [-0.15, -0.1) is 0 Å². The first-order valence-corrected chi connectivity index (χ1v) is 7.67. The number of ether oxygens (including phenoxy) is 1.